The molecule has 0 spiro atoms. The number of unbranched alkanes of at least 4 members (excludes halogenated alkanes) is 3. The van der Waals surface area contributed by atoms with Gasteiger partial charge < -0.3 is 14.6 Å². The van der Waals surface area contributed by atoms with Gasteiger partial charge in [-0.1, -0.05) is 30.7 Å². The number of carbonyl (C=O) groups is 2. The lowest BCUT2D eigenvalue weighted by Gasteiger charge is -2.07. The van der Waals surface area contributed by atoms with E-state index in [2.05, 4.69) is 0 Å². The van der Waals surface area contributed by atoms with Crippen LogP contribution in [0, 0.1) is 0 Å². The van der Waals surface area contributed by atoms with Crippen LogP contribution in [0.2, 0.25) is 0 Å². The summed E-state index contributed by atoms with van der Waals surface area (Å²) in [7, 11) is 0. The fraction of sp³-hybridized carbons (Fsp3) is 0.333. The van der Waals surface area contributed by atoms with Gasteiger partial charge in [0.15, 0.2) is 5.78 Å². The summed E-state index contributed by atoms with van der Waals surface area (Å²) < 4.78 is 10.5. The molecule has 0 aromatic heterocycles. The van der Waals surface area contributed by atoms with E-state index in [9.17, 15) is 9.59 Å². The maximum atomic E-state index is 12.6. The van der Waals surface area contributed by atoms with Crippen LogP contribution < -0.4 is 4.74 Å². The molecule has 0 bridgehead atoms. The molecule has 0 amide bonds. The average Bonchev–Trinajstić information content (AvgIpc) is 2.75. The van der Waals surface area contributed by atoms with Gasteiger partial charge >= 0.3 is 5.97 Å². The van der Waals surface area contributed by atoms with E-state index in [4.69, 9.17) is 14.6 Å². The first-order valence-electron chi connectivity index (χ1n) is 9.97. The number of hydrogen-bond donors (Lipinski definition) is 1. The van der Waals surface area contributed by atoms with Crippen LogP contribution in [-0.2, 0) is 9.53 Å². The van der Waals surface area contributed by atoms with Crippen LogP contribution in [0.25, 0.3) is 6.08 Å². The molecule has 5 nitrogen and oxygen atoms in total. The highest BCUT2D eigenvalue weighted by atomic mass is 16.5. The number of esters is 1. The summed E-state index contributed by atoms with van der Waals surface area (Å²) in [4.78, 5) is 24.0. The topological polar surface area (TPSA) is 72.8 Å². The van der Waals surface area contributed by atoms with Gasteiger partial charge in [-0.3, -0.25) is 4.79 Å². The second kappa shape index (κ2) is 12.5. The quantitative estimate of drug-likeness (QED) is 0.249. The molecular weight excluding hydrogens is 368 g/mol. The van der Waals surface area contributed by atoms with E-state index < -0.39 is 0 Å². The largest absolute Gasteiger partial charge is 0.494 e. The van der Waals surface area contributed by atoms with Gasteiger partial charge in [0.05, 0.1) is 13.2 Å². The summed E-state index contributed by atoms with van der Waals surface area (Å²) in [5.74, 6) is 0.282. The standard InChI is InChI=1S/C24H28O5/c1-2-28-23(26)16-9-19-7-10-20(11-8-19)24(27)21-12-14-22(15-13-21)29-18-6-4-3-5-17-25/h7-16,25H,2-6,17-18H2,1H3/b16-9+. The molecule has 5 heteroatoms. The summed E-state index contributed by atoms with van der Waals surface area (Å²) in [5.41, 5.74) is 1.99. The minimum Gasteiger partial charge on any atom is -0.494 e. The number of hydrogen-bond acceptors (Lipinski definition) is 5. The van der Waals surface area contributed by atoms with E-state index >= 15 is 0 Å². The number of aliphatic hydroxyl groups is 1. The van der Waals surface area contributed by atoms with Gasteiger partial charge in [-0.05, 0) is 62.1 Å². The first-order valence-corrected chi connectivity index (χ1v) is 9.97. The lowest BCUT2D eigenvalue weighted by molar-refractivity contribution is -0.137. The molecule has 2 aromatic rings. The Morgan fingerprint density at radius 1 is 0.897 bits per heavy atom. The van der Waals surface area contributed by atoms with Gasteiger partial charge in [-0.2, -0.15) is 0 Å². The number of rotatable bonds is 12. The molecule has 0 aliphatic heterocycles. The van der Waals surface area contributed by atoms with E-state index in [-0.39, 0.29) is 18.4 Å². The SMILES string of the molecule is CCOC(=O)/C=C/c1ccc(C(=O)c2ccc(OCCCCCCO)cc2)cc1. The maximum Gasteiger partial charge on any atom is 0.330 e. The molecule has 0 unspecified atom stereocenters. The molecule has 0 saturated heterocycles. The van der Waals surface area contributed by atoms with E-state index in [0.717, 1.165) is 37.0 Å². The van der Waals surface area contributed by atoms with Crippen LogP contribution in [0.3, 0.4) is 0 Å². The van der Waals surface area contributed by atoms with Crippen molar-refractivity contribution in [1.29, 1.82) is 0 Å². The monoisotopic (exact) mass is 396 g/mol. The molecule has 29 heavy (non-hydrogen) atoms. The minimum absolute atomic E-state index is 0.0681. The van der Waals surface area contributed by atoms with E-state index in [1.54, 1.807) is 61.5 Å². The Bertz CT molecular complexity index is 791. The number of benzene rings is 2. The second-order valence-corrected chi connectivity index (χ2v) is 6.55. The lowest BCUT2D eigenvalue weighted by Crippen LogP contribution is -2.02. The van der Waals surface area contributed by atoms with E-state index in [1.165, 1.54) is 6.08 Å². The number of aliphatic hydroxyl groups excluding tert-OH is 1. The first-order chi connectivity index (χ1) is 14.1. The van der Waals surface area contributed by atoms with Crippen molar-refractivity contribution in [3.63, 3.8) is 0 Å². The van der Waals surface area contributed by atoms with Crippen LogP contribution in [0.1, 0.15) is 54.1 Å². The normalized spacial score (nSPS) is 10.8. The summed E-state index contributed by atoms with van der Waals surface area (Å²) in [6.45, 7) is 2.96. The molecule has 0 atom stereocenters. The molecule has 154 valence electrons. The third-order valence-corrected chi connectivity index (χ3v) is 4.31. The minimum atomic E-state index is -0.389. The van der Waals surface area contributed by atoms with Gasteiger partial charge in [-0.25, -0.2) is 4.79 Å². The van der Waals surface area contributed by atoms with Crippen molar-refractivity contribution < 1.29 is 24.2 Å². The summed E-state index contributed by atoms with van der Waals surface area (Å²) in [6.07, 6.45) is 6.83. The van der Waals surface area contributed by atoms with Crippen molar-refractivity contribution >= 4 is 17.8 Å². The molecule has 0 aliphatic rings. The third-order valence-electron chi connectivity index (χ3n) is 4.31. The second-order valence-electron chi connectivity index (χ2n) is 6.55. The first kappa shape index (κ1) is 22.4. The van der Waals surface area contributed by atoms with Gasteiger partial charge in [-0.15, -0.1) is 0 Å². The lowest BCUT2D eigenvalue weighted by atomic mass is 10.0. The highest BCUT2D eigenvalue weighted by molar-refractivity contribution is 6.09. The summed E-state index contributed by atoms with van der Waals surface area (Å²) in [5, 5.41) is 8.75. The number of ether oxygens (including phenoxy) is 2. The Hall–Kier alpha value is -2.92. The highest BCUT2D eigenvalue weighted by Crippen LogP contribution is 2.17. The van der Waals surface area contributed by atoms with Crippen LogP contribution >= 0.6 is 0 Å². The Morgan fingerprint density at radius 2 is 1.52 bits per heavy atom. The van der Waals surface area contributed by atoms with E-state index in [1.807, 2.05) is 0 Å². The Balaban J connectivity index is 1.87. The predicted molar refractivity (Wildman–Crippen MR) is 113 cm³/mol. The summed E-state index contributed by atoms with van der Waals surface area (Å²) in [6, 6.07) is 14.2. The van der Waals surface area contributed by atoms with Gasteiger partial charge in [0.2, 0.25) is 0 Å². The molecule has 2 rings (SSSR count). The van der Waals surface area contributed by atoms with Crippen LogP contribution in [-0.4, -0.2) is 36.7 Å². The molecule has 0 fully saturated rings. The highest BCUT2D eigenvalue weighted by Gasteiger charge is 2.09. The molecule has 0 heterocycles. The Kier molecular flexibility index (Phi) is 9.66. The fourth-order valence-corrected chi connectivity index (χ4v) is 2.73. The van der Waals surface area contributed by atoms with Crippen molar-refractivity contribution in [2.24, 2.45) is 0 Å². The average molecular weight is 396 g/mol. The van der Waals surface area contributed by atoms with Crippen molar-refractivity contribution in [3.8, 4) is 5.75 Å². The zero-order chi connectivity index (χ0) is 20.9. The van der Waals surface area contributed by atoms with Crippen LogP contribution in [0.15, 0.2) is 54.6 Å². The molecule has 0 radical (unpaired) electrons. The Morgan fingerprint density at radius 3 is 2.14 bits per heavy atom. The molecular formula is C24H28O5. The fourth-order valence-electron chi connectivity index (χ4n) is 2.73. The zero-order valence-corrected chi connectivity index (χ0v) is 16.8. The van der Waals surface area contributed by atoms with Crippen molar-refractivity contribution in [3.05, 3.63) is 71.3 Å². The van der Waals surface area contributed by atoms with E-state index in [0.29, 0.717) is 24.3 Å². The van der Waals surface area contributed by atoms with Crippen molar-refractivity contribution in [2.45, 2.75) is 32.6 Å². The Labute approximate surface area is 172 Å². The number of carbonyl (C=O) groups excluding carboxylic acids is 2. The smallest absolute Gasteiger partial charge is 0.330 e. The molecule has 2 aromatic carbocycles. The molecule has 0 aliphatic carbocycles. The molecule has 0 saturated carbocycles. The van der Waals surface area contributed by atoms with Gasteiger partial charge in [0.25, 0.3) is 0 Å². The van der Waals surface area contributed by atoms with Crippen molar-refractivity contribution in [2.75, 3.05) is 19.8 Å². The van der Waals surface area contributed by atoms with Crippen LogP contribution in [0.5, 0.6) is 5.75 Å². The van der Waals surface area contributed by atoms with Crippen molar-refractivity contribution in [1.82, 2.24) is 0 Å². The summed E-state index contributed by atoms with van der Waals surface area (Å²) >= 11 is 0. The number of ketones is 1. The maximum absolute atomic E-state index is 12.6. The van der Waals surface area contributed by atoms with Crippen LogP contribution in [0.4, 0.5) is 0 Å². The third kappa shape index (κ3) is 7.92. The molecule has 1 N–H and O–H groups in total. The van der Waals surface area contributed by atoms with Gasteiger partial charge in [0, 0.05) is 23.8 Å². The van der Waals surface area contributed by atoms with Gasteiger partial charge in [0.1, 0.15) is 5.75 Å². The zero-order valence-electron chi connectivity index (χ0n) is 16.8. The predicted octanol–water partition coefficient (Wildman–Crippen LogP) is 4.43.